The molecule has 0 radical (unpaired) electrons. The predicted molar refractivity (Wildman–Crippen MR) is 81.6 cm³/mol. The molecule has 0 saturated carbocycles. The van der Waals surface area contributed by atoms with Crippen LogP contribution in [0.1, 0.15) is 40.0 Å². The van der Waals surface area contributed by atoms with E-state index in [-0.39, 0.29) is 11.9 Å². The SMILES string of the molecule is Cc1ccc(C(=O)NC(C)c2cn[nH]c2)cc1C#CCN. The standard InChI is InChI=1S/C16H18N4O/c1-11-5-6-14(8-13(11)4-3-7-17)16(21)20-12(2)15-9-18-19-10-15/h5-6,8-10,12H,7,17H2,1-2H3,(H,18,19)(H,20,21). The number of aromatic amines is 1. The molecule has 1 unspecified atom stereocenters. The second kappa shape index (κ2) is 6.73. The summed E-state index contributed by atoms with van der Waals surface area (Å²) in [7, 11) is 0. The minimum atomic E-state index is -0.139. The molecule has 0 bridgehead atoms. The van der Waals surface area contributed by atoms with Gasteiger partial charge in [-0.3, -0.25) is 9.89 Å². The molecule has 108 valence electrons. The molecule has 2 aromatic rings. The maximum Gasteiger partial charge on any atom is 0.251 e. The van der Waals surface area contributed by atoms with Crippen LogP contribution >= 0.6 is 0 Å². The number of nitrogens with one attached hydrogen (secondary N) is 2. The van der Waals surface area contributed by atoms with Crippen LogP contribution in [0.15, 0.2) is 30.6 Å². The fourth-order valence-corrected chi connectivity index (χ4v) is 1.91. The van der Waals surface area contributed by atoms with Gasteiger partial charge in [0, 0.05) is 22.9 Å². The molecule has 0 aliphatic heterocycles. The number of amides is 1. The lowest BCUT2D eigenvalue weighted by Gasteiger charge is -2.12. The van der Waals surface area contributed by atoms with Crippen molar-refractivity contribution in [1.82, 2.24) is 15.5 Å². The highest BCUT2D eigenvalue weighted by Gasteiger charge is 2.12. The number of carbonyl (C=O) groups excluding carboxylic acids is 1. The molecule has 4 N–H and O–H groups in total. The van der Waals surface area contributed by atoms with Crippen LogP contribution < -0.4 is 11.1 Å². The average molecular weight is 282 g/mol. The number of carbonyl (C=O) groups is 1. The number of hydrogen-bond acceptors (Lipinski definition) is 3. The molecule has 1 atom stereocenters. The summed E-state index contributed by atoms with van der Waals surface area (Å²) in [6.07, 6.45) is 3.45. The van der Waals surface area contributed by atoms with E-state index in [1.165, 1.54) is 0 Å². The number of aryl methyl sites for hydroxylation is 1. The third-order valence-corrected chi connectivity index (χ3v) is 3.19. The van der Waals surface area contributed by atoms with Gasteiger partial charge in [0.2, 0.25) is 0 Å². The van der Waals surface area contributed by atoms with Gasteiger partial charge in [-0.1, -0.05) is 17.9 Å². The third-order valence-electron chi connectivity index (χ3n) is 3.19. The second-order valence-electron chi connectivity index (χ2n) is 4.76. The van der Waals surface area contributed by atoms with E-state index in [9.17, 15) is 4.79 Å². The van der Waals surface area contributed by atoms with Crippen LogP contribution in [0.4, 0.5) is 0 Å². The molecule has 1 aromatic heterocycles. The van der Waals surface area contributed by atoms with Gasteiger partial charge < -0.3 is 11.1 Å². The Hall–Kier alpha value is -2.58. The van der Waals surface area contributed by atoms with Gasteiger partial charge in [-0.2, -0.15) is 5.10 Å². The lowest BCUT2D eigenvalue weighted by atomic mass is 10.0. The fraction of sp³-hybridized carbons (Fsp3) is 0.250. The summed E-state index contributed by atoms with van der Waals surface area (Å²) < 4.78 is 0. The summed E-state index contributed by atoms with van der Waals surface area (Å²) in [5, 5.41) is 9.54. The number of rotatable bonds is 3. The molecule has 0 saturated heterocycles. The van der Waals surface area contributed by atoms with E-state index in [0.29, 0.717) is 12.1 Å². The van der Waals surface area contributed by atoms with Gasteiger partial charge in [-0.05, 0) is 31.5 Å². The third kappa shape index (κ3) is 3.71. The highest BCUT2D eigenvalue weighted by molar-refractivity contribution is 5.94. The Labute approximate surface area is 123 Å². The molecule has 5 nitrogen and oxygen atoms in total. The summed E-state index contributed by atoms with van der Waals surface area (Å²) in [5.41, 5.74) is 8.74. The molecular formula is C16H18N4O. The van der Waals surface area contributed by atoms with E-state index < -0.39 is 0 Å². The molecule has 0 spiro atoms. The van der Waals surface area contributed by atoms with Crippen LogP contribution in [-0.4, -0.2) is 22.6 Å². The van der Waals surface area contributed by atoms with E-state index >= 15 is 0 Å². The van der Waals surface area contributed by atoms with Crippen molar-refractivity contribution in [3.05, 3.63) is 52.8 Å². The Morgan fingerprint density at radius 1 is 1.52 bits per heavy atom. The van der Waals surface area contributed by atoms with Crippen LogP contribution in [-0.2, 0) is 0 Å². The van der Waals surface area contributed by atoms with E-state index in [0.717, 1.165) is 16.7 Å². The smallest absolute Gasteiger partial charge is 0.251 e. The van der Waals surface area contributed by atoms with Gasteiger partial charge in [-0.25, -0.2) is 0 Å². The van der Waals surface area contributed by atoms with Crippen molar-refractivity contribution in [3.63, 3.8) is 0 Å². The summed E-state index contributed by atoms with van der Waals surface area (Å²) in [4.78, 5) is 12.3. The van der Waals surface area contributed by atoms with Gasteiger partial charge in [0.15, 0.2) is 0 Å². The van der Waals surface area contributed by atoms with Gasteiger partial charge in [0.05, 0.1) is 18.8 Å². The van der Waals surface area contributed by atoms with E-state index in [4.69, 9.17) is 5.73 Å². The fourth-order valence-electron chi connectivity index (χ4n) is 1.91. The average Bonchev–Trinajstić information content (AvgIpc) is 3.00. The van der Waals surface area contributed by atoms with Crippen LogP contribution in [0.2, 0.25) is 0 Å². The Bertz CT molecular complexity index is 680. The van der Waals surface area contributed by atoms with Crippen molar-refractivity contribution in [2.24, 2.45) is 5.73 Å². The molecule has 1 heterocycles. The topological polar surface area (TPSA) is 83.8 Å². The maximum atomic E-state index is 12.3. The first-order valence-corrected chi connectivity index (χ1v) is 6.71. The summed E-state index contributed by atoms with van der Waals surface area (Å²) in [6, 6.07) is 5.35. The van der Waals surface area contributed by atoms with Gasteiger partial charge in [0.1, 0.15) is 0 Å². The van der Waals surface area contributed by atoms with Crippen molar-refractivity contribution in [2.75, 3.05) is 6.54 Å². The van der Waals surface area contributed by atoms with Gasteiger partial charge in [-0.15, -0.1) is 0 Å². The van der Waals surface area contributed by atoms with Crippen molar-refractivity contribution < 1.29 is 4.79 Å². The van der Waals surface area contributed by atoms with Crippen LogP contribution in [0.5, 0.6) is 0 Å². The molecular weight excluding hydrogens is 264 g/mol. The molecule has 5 heteroatoms. The Morgan fingerprint density at radius 2 is 2.33 bits per heavy atom. The minimum absolute atomic E-state index is 0.115. The lowest BCUT2D eigenvalue weighted by molar-refractivity contribution is 0.0940. The highest BCUT2D eigenvalue weighted by atomic mass is 16.1. The molecule has 1 aromatic carbocycles. The Kier molecular flexibility index (Phi) is 4.75. The normalized spacial score (nSPS) is 11.4. The van der Waals surface area contributed by atoms with Crippen molar-refractivity contribution in [3.8, 4) is 11.8 Å². The zero-order valence-corrected chi connectivity index (χ0v) is 12.1. The lowest BCUT2D eigenvalue weighted by Crippen LogP contribution is -2.26. The molecule has 0 aliphatic carbocycles. The number of nitrogens with zero attached hydrogens (tertiary/aromatic N) is 1. The summed E-state index contributed by atoms with van der Waals surface area (Å²) in [5.74, 6) is 5.65. The number of H-pyrrole nitrogens is 1. The predicted octanol–water partition coefficient (Wildman–Crippen LogP) is 1.52. The Balaban J connectivity index is 2.16. The molecule has 0 aliphatic rings. The zero-order chi connectivity index (χ0) is 15.2. The van der Waals surface area contributed by atoms with Crippen LogP contribution in [0, 0.1) is 18.8 Å². The van der Waals surface area contributed by atoms with E-state index in [2.05, 4.69) is 27.4 Å². The van der Waals surface area contributed by atoms with Crippen molar-refractivity contribution in [2.45, 2.75) is 19.9 Å². The Morgan fingerprint density at radius 3 is 3.00 bits per heavy atom. The van der Waals surface area contributed by atoms with Gasteiger partial charge in [0.25, 0.3) is 5.91 Å². The highest BCUT2D eigenvalue weighted by Crippen LogP contribution is 2.13. The number of nitrogens with two attached hydrogens (primary N) is 1. The monoisotopic (exact) mass is 282 g/mol. The first-order valence-electron chi connectivity index (χ1n) is 6.71. The van der Waals surface area contributed by atoms with Crippen LogP contribution in [0.25, 0.3) is 0 Å². The molecule has 21 heavy (non-hydrogen) atoms. The van der Waals surface area contributed by atoms with Gasteiger partial charge >= 0.3 is 0 Å². The largest absolute Gasteiger partial charge is 0.345 e. The first kappa shape index (κ1) is 14.8. The van der Waals surface area contributed by atoms with Crippen LogP contribution in [0.3, 0.4) is 0 Å². The van der Waals surface area contributed by atoms with Crippen molar-refractivity contribution in [1.29, 1.82) is 0 Å². The van der Waals surface area contributed by atoms with Crippen molar-refractivity contribution >= 4 is 5.91 Å². The maximum absolute atomic E-state index is 12.3. The number of benzene rings is 1. The van der Waals surface area contributed by atoms with E-state index in [1.54, 1.807) is 24.5 Å². The summed E-state index contributed by atoms with van der Waals surface area (Å²) in [6.45, 7) is 4.16. The quantitative estimate of drug-likeness (QED) is 0.746. The molecule has 0 fully saturated rings. The van der Waals surface area contributed by atoms with E-state index in [1.807, 2.05) is 19.9 Å². The first-order chi connectivity index (χ1) is 10.1. The minimum Gasteiger partial charge on any atom is -0.345 e. The summed E-state index contributed by atoms with van der Waals surface area (Å²) >= 11 is 0. The number of aromatic nitrogens is 2. The number of hydrogen-bond donors (Lipinski definition) is 3. The zero-order valence-electron chi connectivity index (χ0n) is 12.1. The molecule has 1 amide bonds. The second-order valence-corrected chi connectivity index (χ2v) is 4.76. The molecule has 2 rings (SSSR count).